The van der Waals surface area contributed by atoms with E-state index in [2.05, 4.69) is 15.6 Å². The van der Waals surface area contributed by atoms with Gasteiger partial charge in [-0.25, -0.2) is 9.48 Å². The van der Waals surface area contributed by atoms with Crippen molar-refractivity contribution in [2.45, 2.75) is 26.3 Å². The highest BCUT2D eigenvalue weighted by atomic mass is 16.4. The van der Waals surface area contributed by atoms with Gasteiger partial charge in [0.2, 0.25) is 0 Å². The van der Waals surface area contributed by atoms with Crippen molar-refractivity contribution in [3.05, 3.63) is 23.8 Å². The van der Waals surface area contributed by atoms with Crippen LogP contribution in [0.1, 0.15) is 30.6 Å². The average Bonchev–Trinajstić information content (AvgIpc) is 2.78. The van der Waals surface area contributed by atoms with Crippen LogP contribution in [0.25, 0.3) is 11.0 Å². The first-order chi connectivity index (χ1) is 9.88. The maximum absolute atomic E-state index is 12.2. The molecule has 21 heavy (non-hydrogen) atoms. The summed E-state index contributed by atoms with van der Waals surface area (Å²) in [5, 5.41) is 19.5. The molecule has 7 heteroatoms. The first kappa shape index (κ1) is 15.0. The van der Waals surface area contributed by atoms with Gasteiger partial charge in [0.15, 0.2) is 0 Å². The van der Waals surface area contributed by atoms with Crippen molar-refractivity contribution in [3.8, 4) is 0 Å². The van der Waals surface area contributed by atoms with E-state index >= 15 is 0 Å². The Labute approximate surface area is 121 Å². The minimum atomic E-state index is -1.03. The minimum absolute atomic E-state index is 0.175. The quantitative estimate of drug-likeness (QED) is 0.862. The summed E-state index contributed by atoms with van der Waals surface area (Å²) in [5.74, 6) is -1.28. The number of benzene rings is 1. The number of amides is 1. The number of aryl methyl sites for hydroxylation is 1. The van der Waals surface area contributed by atoms with Gasteiger partial charge in [0.05, 0.1) is 5.52 Å². The molecule has 0 bridgehead atoms. The van der Waals surface area contributed by atoms with Crippen molar-refractivity contribution < 1.29 is 14.7 Å². The monoisotopic (exact) mass is 290 g/mol. The predicted octanol–water partition coefficient (Wildman–Crippen LogP) is 1.20. The van der Waals surface area contributed by atoms with E-state index in [-0.39, 0.29) is 5.92 Å². The van der Waals surface area contributed by atoms with Gasteiger partial charge >= 0.3 is 5.97 Å². The zero-order chi connectivity index (χ0) is 15.6. The molecule has 1 amide bonds. The van der Waals surface area contributed by atoms with Crippen molar-refractivity contribution in [3.63, 3.8) is 0 Å². The lowest BCUT2D eigenvalue weighted by atomic mass is 10.0. The molecule has 112 valence electrons. The smallest absolute Gasteiger partial charge is 0.326 e. The summed E-state index contributed by atoms with van der Waals surface area (Å²) in [6.07, 6.45) is 0.383. The zero-order valence-corrected chi connectivity index (χ0v) is 12.2. The molecule has 0 radical (unpaired) electrons. The van der Waals surface area contributed by atoms with E-state index in [1.807, 2.05) is 13.8 Å². The number of aliphatic carboxylic acids is 1. The van der Waals surface area contributed by atoms with Gasteiger partial charge in [-0.15, -0.1) is 5.10 Å². The van der Waals surface area contributed by atoms with Crippen LogP contribution in [0.4, 0.5) is 0 Å². The lowest BCUT2D eigenvalue weighted by Crippen LogP contribution is -2.41. The van der Waals surface area contributed by atoms with E-state index in [0.717, 1.165) is 5.52 Å². The molecule has 0 aliphatic rings. The molecule has 2 N–H and O–H groups in total. The van der Waals surface area contributed by atoms with Crippen LogP contribution in [-0.2, 0) is 11.8 Å². The summed E-state index contributed by atoms with van der Waals surface area (Å²) >= 11 is 0. The first-order valence-electron chi connectivity index (χ1n) is 6.71. The van der Waals surface area contributed by atoms with Crippen molar-refractivity contribution in [2.75, 3.05) is 0 Å². The number of aromatic nitrogens is 3. The van der Waals surface area contributed by atoms with E-state index in [9.17, 15) is 9.59 Å². The summed E-state index contributed by atoms with van der Waals surface area (Å²) in [6, 6.07) is 4.08. The lowest BCUT2D eigenvalue weighted by Gasteiger charge is -2.16. The van der Waals surface area contributed by atoms with Gasteiger partial charge in [-0.1, -0.05) is 19.1 Å². The molecule has 1 heterocycles. The Balaban J connectivity index is 2.18. The molecule has 0 fully saturated rings. The second-order valence-corrected chi connectivity index (χ2v) is 5.41. The van der Waals surface area contributed by atoms with Gasteiger partial charge in [-0.3, -0.25) is 4.79 Å². The highest BCUT2D eigenvalue weighted by Gasteiger charge is 2.22. The van der Waals surface area contributed by atoms with E-state index in [1.54, 1.807) is 29.9 Å². The highest BCUT2D eigenvalue weighted by molar-refractivity contribution is 5.99. The number of hydrogen-bond acceptors (Lipinski definition) is 4. The van der Waals surface area contributed by atoms with Gasteiger partial charge in [-0.05, 0) is 30.5 Å². The predicted molar refractivity (Wildman–Crippen MR) is 76.9 cm³/mol. The molecule has 2 aromatic rings. The third kappa shape index (κ3) is 3.36. The number of hydrogen-bond donors (Lipinski definition) is 2. The summed E-state index contributed by atoms with van der Waals surface area (Å²) in [4.78, 5) is 23.3. The Hall–Kier alpha value is -2.44. The van der Waals surface area contributed by atoms with E-state index in [1.165, 1.54) is 0 Å². The maximum Gasteiger partial charge on any atom is 0.326 e. The van der Waals surface area contributed by atoms with Crippen LogP contribution >= 0.6 is 0 Å². The van der Waals surface area contributed by atoms with Gasteiger partial charge in [0.1, 0.15) is 11.6 Å². The molecular weight excluding hydrogens is 272 g/mol. The van der Waals surface area contributed by atoms with Crippen LogP contribution in [0.2, 0.25) is 0 Å². The average molecular weight is 290 g/mol. The number of carbonyl (C=O) groups excluding carboxylic acids is 1. The van der Waals surface area contributed by atoms with Crippen LogP contribution in [0, 0.1) is 5.92 Å². The Kier molecular flexibility index (Phi) is 4.21. The molecule has 1 aromatic carbocycles. The van der Waals surface area contributed by atoms with Crippen molar-refractivity contribution >= 4 is 22.9 Å². The highest BCUT2D eigenvalue weighted by Crippen LogP contribution is 2.13. The second kappa shape index (κ2) is 5.90. The van der Waals surface area contributed by atoms with Gasteiger partial charge in [0, 0.05) is 12.6 Å². The molecular formula is C14H18N4O3. The van der Waals surface area contributed by atoms with Crippen LogP contribution in [0.3, 0.4) is 0 Å². The number of carboxylic acid groups (broad SMARTS) is 1. The van der Waals surface area contributed by atoms with E-state index in [0.29, 0.717) is 17.5 Å². The largest absolute Gasteiger partial charge is 0.480 e. The fourth-order valence-corrected chi connectivity index (χ4v) is 2.12. The molecule has 0 unspecified atom stereocenters. The fourth-order valence-electron chi connectivity index (χ4n) is 2.12. The molecule has 7 nitrogen and oxygen atoms in total. The van der Waals surface area contributed by atoms with Crippen molar-refractivity contribution in [2.24, 2.45) is 13.0 Å². The van der Waals surface area contributed by atoms with Crippen LogP contribution in [-0.4, -0.2) is 38.0 Å². The topological polar surface area (TPSA) is 97.1 Å². The van der Waals surface area contributed by atoms with Gasteiger partial charge in [0.25, 0.3) is 5.91 Å². The molecule has 2 rings (SSSR count). The molecule has 0 saturated carbocycles. The third-order valence-corrected chi connectivity index (χ3v) is 3.18. The Morgan fingerprint density at radius 1 is 1.38 bits per heavy atom. The van der Waals surface area contributed by atoms with Crippen molar-refractivity contribution in [1.29, 1.82) is 0 Å². The number of carbonyl (C=O) groups is 2. The molecule has 0 aliphatic heterocycles. The SMILES string of the molecule is CC(C)C[C@@H](NC(=O)c1ccc2c(c1)nnn2C)C(=O)O. The molecule has 0 saturated heterocycles. The fraction of sp³-hybridized carbons (Fsp3) is 0.429. The van der Waals surface area contributed by atoms with Crippen LogP contribution < -0.4 is 5.32 Å². The van der Waals surface area contributed by atoms with Gasteiger partial charge < -0.3 is 10.4 Å². The Morgan fingerprint density at radius 2 is 2.10 bits per heavy atom. The normalized spacial score (nSPS) is 12.6. The lowest BCUT2D eigenvalue weighted by molar-refractivity contribution is -0.139. The third-order valence-electron chi connectivity index (χ3n) is 3.18. The number of rotatable bonds is 5. The van der Waals surface area contributed by atoms with E-state index < -0.39 is 17.9 Å². The summed E-state index contributed by atoms with van der Waals surface area (Å²) in [6.45, 7) is 3.82. The summed E-state index contributed by atoms with van der Waals surface area (Å²) in [5.41, 5.74) is 1.78. The summed E-state index contributed by atoms with van der Waals surface area (Å²) < 4.78 is 1.61. The molecule has 0 spiro atoms. The van der Waals surface area contributed by atoms with Crippen LogP contribution in [0.5, 0.6) is 0 Å². The van der Waals surface area contributed by atoms with Crippen LogP contribution in [0.15, 0.2) is 18.2 Å². The number of nitrogens with zero attached hydrogens (tertiary/aromatic N) is 3. The van der Waals surface area contributed by atoms with E-state index in [4.69, 9.17) is 5.11 Å². The Bertz CT molecular complexity index is 678. The molecule has 1 aromatic heterocycles. The zero-order valence-electron chi connectivity index (χ0n) is 12.2. The van der Waals surface area contributed by atoms with Crippen molar-refractivity contribution in [1.82, 2.24) is 20.3 Å². The molecule has 1 atom stereocenters. The second-order valence-electron chi connectivity index (χ2n) is 5.41. The summed E-state index contributed by atoms with van der Waals surface area (Å²) in [7, 11) is 1.76. The number of fused-ring (bicyclic) bond motifs is 1. The minimum Gasteiger partial charge on any atom is -0.480 e. The number of carboxylic acids is 1. The molecule has 0 aliphatic carbocycles. The van der Waals surface area contributed by atoms with Gasteiger partial charge in [-0.2, -0.15) is 0 Å². The number of nitrogens with one attached hydrogen (secondary N) is 1. The standard InChI is InChI=1S/C14H18N4O3/c1-8(2)6-11(14(20)21)15-13(19)9-4-5-12-10(7-9)16-17-18(12)3/h4-5,7-8,11H,6H2,1-3H3,(H,15,19)(H,20,21)/t11-/m1/s1. The first-order valence-corrected chi connectivity index (χ1v) is 6.71. The Morgan fingerprint density at radius 3 is 2.71 bits per heavy atom. The maximum atomic E-state index is 12.2.